The van der Waals surface area contributed by atoms with E-state index in [0.29, 0.717) is 6.07 Å². The second kappa shape index (κ2) is 5.77. The van der Waals surface area contributed by atoms with Gasteiger partial charge in [0.1, 0.15) is 17.2 Å². The highest BCUT2D eigenvalue weighted by Crippen LogP contribution is 2.20. The van der Waals surface area contributed by atoms with Gasteiger partial charge < -0.3 is 15.6 Å². The van der Waals surface area contributed by atoms with Crippen molar-refractivity contribution < 1.29 is 28.2 Å². The molecule has 1 atom stereocenters. The monoisotopic (exact) mass is 301 g/mol. The summed E-state index contributed by atoms with van der Waals surface area (Å²) >= 11 is 0. The molecule has 0 fully saturated rings. The Labute approximate surface area is 120 Å². The molecule has 0 radical (unpaired) electrons. The van der Waals surface area contributed by atoms with Crippen molar-refractivity contribution in [3.05, 3.63) is 35.4 Å². The van der Waals surface area contributed by atoms with E-state index in [2.05, 4.69) is 0 Å². The molecule has 0 amide bonds. The van der Waals surface area contributed by atoms with Crippen LogP contribution in [0.5, 0.6) is 0 Å². The van der Waals surface area contributed by atoms with Crippen LogP contribution in [0.25, 0.3) is 0 Å². The Bertz CT molecular complexity index is 569. The van der Waals surface area contributed by atoms with Gasteiger partial charge in [0.05, 0.1) is 0 Å². The van der Waals surface area contributed by atoms with Gasteiger partial charge in [-0.2, -0.15) is 0 Å². The maximum atomic E-state index is 13.6. The van der Waals surface area contributed by atoms with Crippen molar-refractivity contribution in [2.24, 2.45) is 5.73 Å². The lowest BCUT2D eigenvalue weighted by atomic mass is 9.91. The van der Waals surface area contributed by atoms with Crippen molar-refractivity contribution in [1.29, 1.82) is 0 Å². The Kier molecular flexibility index (Phi) is 4.68. The Morgan fingerprint density at radius 2 is 1.86 bits per heavy atom. The van der Waals surface area contributed by atoms with Gasteiger partial charge in [0, 0.05) is 12.5 Å². The van der Waals surface area contributed by atoms with Gasteiger partial charge in [-0.25, -0.2) is 18.4 Å². The van der Waals surface area contributed by atoms with Gasteiger partial charge in [0.2, 0.25) is 5.54 Å². The SMILES string of the molecule is CC(C)(C)OC(=O)C(N)(Cc1ccc(F)cc1F)C(=O)O. The van der Waals surface area contributed by atoms with Crippen LogP contribution in [0.4, 0.5) is 8.78 Å². The fourth-order valence-corrected chi connectivity index (χ4v) is 1.57. The molecular weight excluding hydrogens is 284 g/mol. The molecule has 0 saturated heterocycles. The number of esters is 1. The van der Waals surface area contributed by atoms with Gasteiger partial charge >= 0.3 is 11.9 Å². The van der Waals surface area contributed by atoms with Gasteiger partial charge in [0.15, 0.2) is 0 Å². The number of hydrogen-bond donors (Lipinski definition) is 2. The van der Waals surface area contributed by atoms with Crippen LogP contribution in [-0.2, 0) is 20.7 Å². The average molecular weight is 301 g/mol. The van der Waals surface area contributed by atoms with Crippen molar-refractivity contribution in [1.82, 2.24) is 0 Å². The predicted octanol–water partition coefficient (Wildman–Crippen LogP) is 1.63. The third-order valence-corrected chi connectivity index (χ3v) is 2.63. The Hall–Kier alpha value is -2.02. The number of carboxylic acid groups (broad SMARTS) is 1. The number of nitrogens with two attached hydrogens (primary N) is 1. The molecule has 7 heteroatoms. The zero-order valence-electron chi connectivity index (χ0n) is 11.9. The molecule has 5 nitrogen and oxygen atoms in total. The van der Waals surface area contributed by atoms with Crippen LogP contribution >= 0.6 is 0 Å². The fourth-order valence-electron chi connectivity index (χ4n) is 1.57. The summed E-state index contributed by atoms with van der Waals surface area (Å²) in [5, 5.41) is 9.18. The maximum Gasteiger partial charge on any atom is 0.338 e. The van der Waals surface area contributed by atoms with Gasteiger partial charge in [-0.3, -0.25) is 0 Å². The first-order valence-corrected chi connectivity index (χ1v) is 6.15. The molecule has 1 rings (SSSR count). The molecular formula is C14H17F2NO4. The van der Waals surface area contributed by atoms with Crippen molar-refractivity contribution in [3.63, 3.8) is 0 Å². The minimum absolute atomic E-state index is 0.188. The first kappa shape index (κ1) is 17.0. The lowest BCUT2D eigenvalue weighted by molar-refractivity contribution is -0.169. The van der Waals surface area contributed by atoms with Crippen molar-refractivity contribution in [3.8, 4) is 0 Å². The molecule has 0 saturated carbocycles. The zero-order chi connectivity index (χ0) is 16.4. The third kappa shape index (κ3) is 4.22. The lowest BCUT2D eigenvalue weighted by Crippen LogP contribution is -2.58. The molecule has 0 bridgehead atoms. The normalized spacial score (nSPS) is 14.4. The van der Waals surface area contributed by atoms with Gasteiger partial charge in [0.25, 0.3) is 0 Å². The first-order chi connectivity index (χ1) is 9.45. The Morgan fingerprint density at radius 3 is 2.29 bits per heavy atom. The number of ether oxygens (including phenoxy) is 1. The van der Waals surface area contributed by atoms with Gasteiger partial charge in [-0.05, 0) is 32.4 Å². The fraction of sp³-hybridized carbons (Fsp3) is 0.429. The van der Waals surface area contributed by atoms with Crippen LogP contribution in [0.2, 0.25) is 0 Å². The second-order valence-corrected chi connectivity index (χ2v) is 5.69. The van der Waals surface area contributed by atoms with Crippen LogP contribution in [0.1, 0.15) is 26.3 Å². The molecule has 21 heavy (non-hydrogen) atoms. The minimum Gasteiger partial charge on any atom is -0.479 e. The Balaban J connectivity index is 3.11. The number of carbonyl (C=O) groups is 2. The summed E-state index contributed by atoms with van der Waals surface area (Å²) in [6.45, 7) is 4.64. The van der Waals surface area contributed by atoms with Crippen molar-refractivity contribution in [2.45, 2.75) is 38.3 Å². The molecule has 1 aromatic rings. The van der Waals surface area contributed by atoms with Crippen LogP contribution in [0.15, 0.2) is 18.2 Å². The summed E-state index contributed by atoms with van der Waals surface area (Å²) in [4.78, 5) is 23.3. The summed E-state index contributed by atoms with van der Waals surface area (Å²) in [5.41, 5.74) is 2.01. The molecule has 0 aromatic heterocycles. The quantitative estimate of drug-likeness (QED) is 0.651. The van der Waals surface area contributed by atoms with E-state index in [-0.39, 0.29) is 5.56 Å². The number of aliphatic carboxylic acids is 1. The highest BCUT2D eigenvalue weighted by atomic mass is 19.1. The molecule has 0 spiro atoms. The standard InChI is InChI=1S/C14H17F2NO4/c1-13(2,3)21-12(20)14(17,11(18)19)7-8-4-5-9(15)6-10(8)16/h4-6H,7,17H2,1-3H3,(H,18,19). The van der Waals surface area contributed by atoms with Gasteiger partial charge in [-0.15, -0.1) is 0 Å². The zero-order valence-corrected chi connectivity index (χ0v) is 11.9. The highest BCUT2D eigenvalue weighted by Gasteiger charge is 2.46. The third-order valence-electron chi connectivity index (χ3n) is 2.63. The van der Waals surface area contributed by atoms with E-state index >= 15 is 0 Å². The molecule has 1 unspecified atom stereocenters. The van der Waals surface area contributed by atoms with E-state index < -0.39 is 41.1 Å². The number of carbonyl (C=O) groups excluding carboxylic acids is 1. The maximum absolute atomic E-state index is 13.6. The molecule has 0 aliphatic carbocycles. The smallest absolute Gasteiger partial charge is 0.338 e. The van der Waals surface area contributed by atoms with E-state index in [4.69, 9.17) is 10.5 Å². The highest BCUT2D eigenvalue weighted by molar-refractivity contribution is 6.04. The van der Waals surface area contributed by atoms with Crippen LogP contribution in [0.3, 0.4) is 0 Å². The summed E-state index contributed by atoms with van der Waals surface area (Å²) in [5.74, 6) is -4.63. The van der Waals surface area contributed by atoms with Crippen LogP contribution < -0.4 is 5.73 Å². The van der Waals surface area contributed by atoms with Gasteiger partial charge in [-0.1, -0.05) is 6.07 Å². The summed E-state index contributed by atoms with van der Waals surface area (Å²) < 4.78 is 31.4. The van der Waals surface area contributed by atoms with E-state index in [1.54, 1.807) is 20.8 Å². The number of hydrogen-bond acceptors (Lipinski definition) is 4. The molecule has 116 valence electrons. The second-order valence-electron chi connectivity index (χ2n) is 5.69. The first-order valence-electron chi connectivity index (χ1n) is 6.15. The van der Waals surface area contributed by atoms with E-state index in [1.165, 1.54) is 0 Å². The number of benzene rings is 1. The molecule has 0 heterocycles. The topological polar surface area (TPSA) is 89.6 Å². The summed E-state index contributed by atoms with van der Waals surface area (Å²) in [6.07, 6.45) is -0.649. The molecule has 1 aromatic carbocycles. The van der Waals surface area contributed by atoms with E-state index in [1.807, 2.05) is 0 Å². The molecule has 0 aliphatic heterocycles. The van der Waals surface area contributed by atoms with Crippen LogP contribution in [0, 0.1) is 11.6 Å². The number of rotatable bonds is 4. The lowest BCUT2D eigenvalue weighted by Gasteiger charge is -2.28. The van der Waals surface area contributed by atoms with Crippen LogP contribution in [-0.4, -0.2) is 28.2 Å². The molecule has 0 aliphatic rings. The molecule has 3 N–H and O–H groups in total. The largest absolute Gasteiger partial charge is 0.479 e. The number of halogens is 2. The minimum atomic E-state index is -2.45. The predicted molar refractivity (Wildman–Crippen MR) is 70.5 cm³/mol. The van der Waals surface area contributed by atoms with Crippen molar-refractivity contribution in [2.75, 3.05) is 0 Å². The Morgan fingerprint density at radius 1 is 1.29 bits per heavy atom. The average Bonchev–Trinajstić information content (AvgIpc) is 2.30. The van der Waals surface area contributed by atoms with E-state index in [0.717, 1.165) is 12.1 Å². The number of carboxylic acids is 1. The summed E-state index contributed by atoms with van der Waals surface area (Å²) in [6, 6.07) is 2.59. The van der Waals surface area contributed by atoms with Crippen molar-refractivity contribution >= 4 is 11.9 Å². The summed E-state index contributed by atoms with van der Waals surface area (Å²) in [7, 11) is 0. The van der Waals surface area contributed by atoms with E-state index in [9.17, 15) is 23.5 Å².